The summed E-state index contributed by atoms with van der Waals surface area (Å²) in [6, 6.07) is 4.94. The largest absolute Gasteiger partial charge is 0.333 e. The van der Waals surface area contributed by atoms with Crippen LogP contribution in [0.1, 0.15) is 32.6 Å². The molecule has 0 radical (unpaired) electrons. The van der Waals surface area contributed by atoms with Crippen LogP contribution in [-0.4, -0.2) is 35.8 Å². The predicted molar refractivity (Wildman–Crippen MR) is 105 cm³/mol. The lowest BCUT2D eigenvalue weighted by atomic mass is 10.1. The molecule has 0 aromatic heterocycles. The summed E-state index contributed by atoms with van der Waals surface area (Å²) >= 11 is 12.0. The molecular formula is C17H24Cl3N3O2. The molecule has 140 valence electrons. The number of carbonyl (C=O) groups is 2. The van der Waals surface area contributed by atoms with E-state index in [1.54, 1.807) is 23.1 Å². The maximum Gasteiger partial charge on any atom is 0.244 e. The molecule has 2 atom stereocenters. The molecule has 1 aliphatic rings. The number of benzene rings is 1. The van der Waals surface area contributed by atoms with Crippen molar-refractivity contribution in [3.63, 3.8) is 0 Å². The van der Waals surface area contributed by atoms with Gasteiger partial charge in [-0.05, 0) is 43.9 Å². The van der Waals surface area contributed by atoms with Crippen LogP contribution in [0.5, 0.6) is 0 Å². The van der Waals surface area contributed by atoms with Crippen molar-refractivity contribution in [3.8, 4) is 0 Å². The smallest absolute Gasteiger partial charge is 0.244 e. The van der Waals surface area contributed by atoms with Gasteiger partial charge >= 0.3 is 0 Å². The molecule has 25 heavy (non-hydrogen) atoms. The average molecular weight is 409 g/mol. The predicted octanol–water partition coefficient (Wildman–Crippen LogP) is 3.72. The van der Waals surface area contributed by atoms with Gasteiger partial charge in [-0.1, -0.05) is 30.1 Å². The first-order valence-electron chi connectivity index (χ1n) is 8.20. The first-order valence-corrected chi connectivity index (χ1v) is 8.95. The molecule has 0 spiro atoms. The fraction of sp³-hybridized carbons (Fsp3) is 0.529. The van der Waals surface area contributed by atoms with E-state index in [9.17, 15) is 9.59 Å². The van der Waals surface area contributed by atoms with Gasteiger partial charge in [0.15, 0.2) is 0 Å². The summed E-state index contributed by atoms with van der Waals surface area (Å²) in [5.74, 6) is -0.352. The Morgan fingerprint density at radius 2 is 2.04 bits per heavy atom. The second-order valence-corrected chi connectivity index (χ2v) is 7.05. The Morgan fingerprint density at radius 1 is 1.32 bits per heavy atom. The highest BCUT2D eigenvalue weighted by Gasteiger charge is 2.31. The van der Waals surface area contributed by atoms with Crippen LogP contribution in [0.4, 0.5) is 5.69 Å². The zero-order valence-corrected chi connectivity index (χ0v) is 16.5. The molecule has 1 aliphatic carbocycles. The molecule has 0 bridgehead atoms. The van der Waals surface area contributed by atoms with Gasteiger partial charge < -0.3 is 16.0 Å². The maximum atomic E-state index is 12.6. The van der Waals surface area contributed by atoms with Crippen molar-refractivity contribution in [2.45, 2.75) is 38.6 Å². The van der Waals surface area contributed by atoms with Gasteiger partial charge in [-0.25, -0.2) is 0 Å². The number of nitrogens with one attached hydrogen (secondary N) is 1. The van der Waals surface area contributed by atoms with Gasteiger partial charge in [-0.2, -0.15) is 0 Å². The van der Waals surface area contributed by atoms with Gasteiger partial charge in [-0.3, -0.25) is 9.59 Å². The van der Waals surface area contributed by atoms with Crippen molar-refractivity contribution in [2.75, 3.05) is 18.4 Å². The third kappa shape index (κ3) is 6.33. The maximum absolute atomic E-state index is 12.6. The van der Waals surface area contributed by atoms with Gasteiger partial charge in [0.2, 0.25) is 11.8 Å². The molecule has 2 rings (SSSR count). The molecule has 1 saturated carbocycles. The van der Waals surface area contributed by atoms with E-state index in [1.165, 1.54) is 0 Å². The first-order chi connectivity index (χ1) is 11.4. The topological polar surface area (TPSA) is 75.4 Å². The summed E-state index contributed by atoms with van der Waals surface area (Å²) in [4.78, 5) is 26.6. The SMILES string of the molecule is CCCN(CC(=O)Nc1cc(Cl)ccc1Cl)C(=O)C1CCC(N)C1.Cl. The molecule has 1 aromatic rings. The summed E-state index contributed by atoms with van der Waals surface area (Å²) in [6.45, 7) is 2.52. The lowest BCUT2D eigenvalue weighted by Gasteiger charge is -2.25. The summed E-state index contributed by atoms with van der Waals surface area (Å²) < 4.78 is 0. The minimum atomic E-state index is -0.289. The van der Waals surface area contributed by atoms with E-state index in [0.29, 0.717) is 28.7 Å². The van der Waals surface area contributed by atoms with E-state index in [2.05, 4.69) is 5.32 Å². The molecule has 8 heteroatoms. The molecule has 1 aromatic carbocycles. The molecule has 5 nitrogen and oxygen atoms in total. The number of hydrogen-bond donors (Lipinski definition) is 2. The fourth-order valence-corrected chi connectivity index (χ4v) is 3.33. The van der Waals surface area contributed by atoms with Crippen LogP contribution in [0.3, 0.4) is 0 Å². The Labute approximate surface area is 164 Å². The van der Waals surface area contributed by atoms with E-state index in [-0.39, 0.29) is 42.7 Å². The van der Waals surface area contributed by atoms with Crippen LogP contribution in [0, 0.1) is 5.92 Å². The van der Waals surface area contributed by atoms with Crippen LogP contribution in [0.15, 0.2) is 18.2 Å². The molecule has 2 unspecified atom stereocenters. The standard InChI is InChI=1S/C17H23Cl2N3O2.ClH/c1-2-7-22(17(24)11-3-5-13(20)8-11)10-16(23)21-15-9-12(18)4-6-14(15)19;/h4,6,9,11,13H,2-3,5,7-8,10,20H2,1H3,(H,21,23);1H. The van der Waals surface area contributed by atoms with E-state index in [0.717, 1.165) is 19.3 Å². The van der Waals surface area contributed by atoms with Gasteiger partial charge in [0, 0.05) is 23.5 Å². The number of rotatable bonds is 6. The van der Waals surface area contributed by atoms with Crippen molar-refractivity contribution >= 4 is 53.1 Å². The molecule has 0 aliphatic heterocycles. The summed E-state index contributed by atoms with van der Waals surface area (Å²) in [6.07, 6.45) is 3.14. The minimum absolute atomic E-state index is 0. The lowest BCUT2D eigenvalue weighted by molar-refractivity contribution is -0.138. The number of nitrogens with two attached hydrogens (primary N) is 1. The number of amides is 2. The highest BCUT2D eigenvalue weighted by molar-refractivity contribution is 6.35. The van der Waals surface area contributed by atoms with Gasteiger partial charge in [0.25, 0.3) is 0 Å². The Balaban J connectivity index is 0.00000312. The molecule has 2 amide bonds. The lowest BCUT2D eigenvalue weighted by Crippen LogP contribution is -2.41. The summed E-state index contributed by atoms with van der Waals surface area (Å²) in [7, 11) is 0. The monoisotopic (exact) mass is 407 g/mol. The van der Waals surface area contributed by atoms with Crippen LogP contribution < -0.4 is 11.1 Å². The summed E-state index contributed by atoms with van der Waals surface area (Å²) in [5, 5.41) is 3.61. The number of nitrogens with zero attached hydrogens (tertiary/aromatic N) is 1. The molecule has 3 N–H and O–H groups in total. The zero-order chi connectivity index (χ0) is 17.7. The Kier molecular flexibility index (Phi) is 9.00. The fourth-order valence-electron chi connectivity index (χ4n) is 2.99. The van der Waals surface area contributed by atoms with E-state index in [1.807, 2.05) is 6.92 Å². The Bertz CT molecular complexity index is 613. The van der Waals surface area contributed by atoms with Gasteiger partial charge in [-0.15, -0.1) is 12.4 Å². The highest BCUT2D eigenvalue weighted by atomic mass is 35.5. The van der Waals surface area contributed by atoms with E-state index < -0.39 is 0 Å². The van der Waals surface area contributed by atoms with Crippen molar-refractivity contribution in [2.24, 2.45) is 11.7 Å². The van der Waals surface area contributed by atoms with Crippen LogP contribution in [0.2, 0.25) is 10.0 Å². The van der Waals surface area contributed by atoms with E-state index in [4.69, 9.17) is 28.9 Å². The number of anilines is 1. The van der Waals surface area contributed by atoms with Gasteiger partial charge in [0.05, 0.1) is 17.3 Å². The molecule has 1 fully saturated rings. The average Bonchev–Trinajstić information content (AvgIpc) is 2.96. The summed E-state index contributed by atoms with van der Waals surface area (Å²) in [5.41, 5.74) is 6.34. The molecule has 0 saturated heterocycles. The third-order valence-electron chi connectivity index (χ3n) is 4.16. The molecular weight excluding hydrogens is 385 g/mol. The minimum Gasteiger partial charge on any atom is -0.333 e. The second kappa shape index (κ2) is 10.2. The number of carbonyl (C=O) groups excluding carboxylic acids is 2. The normalized spacial score (nSPS) is 19.2. The van der Waals surface area contributed by atoms with Crippen LogP contribution in [0.25, 0.3) is 0 Å². The molecule has 0 heterocycles. The Hall–Kier alpha value is -1.01. The van der Waals surface area contributed by atoms with Crippen molar-refractivity contribution < 1.29 is 9.59 Å². The third-order valence-corrected chi connectivity index (χ3v) is 4.73. The zero-order valence-electron chi connectivity index (χ0n) is 14.1. The van der Waals surface area contributed by atoms with Crippen molar-refractivity contribution in [1.82, 2.24) is 4.90 Å². The quantitative estimate of drug-likeness (QED) is 0.753. The van der Waals surface area contributed by atoms with Crippen molar-refractivity contribution in [3.05, 3.63) is 28.2 Å². The van der Waals surface area contributed by atoms with Crippen molar-refractivity contribution in [1.29, 1.82) is 0 Å². The Morgan fingerprint density at radius 3 is 2.64 bits per heavy atom. The first kappa shape index (κ1) is 22.0. The number of halogens is 3. The van der Waals surface area contributed by atoms with Gasteiger partial charge in [0.1, 0.15) is 0 Å². The highest BCUT2D eigenvalue weighted by Crippen LogP contribution is 2.27. The van der Waals surface area contributed by atoms with E-state index >= 15 is 0 Å². The van der Waals surface area contributed by atoms with Crippen LogP contribution in [-0.2, 0) is 9.59 Å². The van der Waals surface area contributed by atoms with Crippen LogP contribution >= 0.6 is 35.6 Å². The second-order valence-electron chi connectivity index (χ2n) is 6.20. The number of hydrogen-bond acceptors (Lipinski definition) is 3.